The Kier molecular flexibility index (Phi) is 3.88. The average molecular weight is 285 g/mol. The molecule has 1 atom stereocenters. The Bertz CT molecular complexity index is 603. The molecule has 0 unspecified atom stereocenters. The highest BCUT2D eigenvalue weighted by atomic mass is 32.1. The second-order valence-corrected chi connectivity index (χ2v) is 6.71. The van der Waals surface area contributed by atoms with Crippen LogP contribution in [0.25, 0.3) is 0 Å². The molecule has 104 valence electrons. The quantitative estimate of drug-likeness (QED) is 0.913. The van der Waals surface area contributed by atoms with Gasteiger partial charge in [0.15, 0.2) is 0 Å². The van der Waals surface area contributed by atoms with Gasteiger partial charge in [-0.15, -0.1) is 11.3 Å². The summed E-state index contributed by atoms with van der Waals surface area (Å²) >= 11 is 1.67. The van der Waals surface area contributed by atoms with Crippen molar-refractivity contribution in [1.82, 2.24) is 5.32 Å². The predicted molar refractivity (Wildman–Crippen MR) is 83.1 cm³/mol. The molecule has 1 aromatic heterocycles. The normalized spacial score (nSPS) is 17.6. The molecular formula is C17H19NOS. The van der Waals surface area contributed by atoms with Crippen molar-refractivity contribution in [2.45, 2.75) is 32.7 Å². The van der Waals surface area contributed by atoms with E-state index in [9.17, 15) is 4.79 Å². The van der Waals surface area contributed by atoms with Gasteiger partial charge in [0.25, 0.3) is 5.91 Å². The fraction of sp³-hybridized carbons (Fsp3) is 0.353. The molecule has 2 nitrogen and oxygen atoms in total. The van der Waals surface area contributed by atoms with Crippen LogP contribution in [0, 0.1) is 5.92 Å². The van der Waals surface area contributed by atoms with Gasteiger partial charge in [0.2, 0.25) is 0 Å². The number of aryl methyl sites for hydroxylation is 1. The molecule has 0 saturated heterocycles. The monoisotopic (exact) mass is 285 g/mol. The largest absolute Gasteiger partial charge is 0.347 e. The fourth-order valence-electron chi connectivity index (χ4n) is 2.68. The number of fused-ring (bicyclic) bond motifs is 1. The Morgan fingerprint density at radius 2 is 2.15 bits per heavy atom. The number of nitrogens with one attached hydrogen (secondary N) is 1. The minimum absolute atomic E-state index is 0.0564. The molecule has 0 bridgehead atoms. The summed E-state index contributed by atoms with van der Waals surface area (Å²) < 4.78 is 0. The Morgan fingerprint density at radius 3 is 2.95 bits per heavy atom. The highest BCUT2D eigenvalue weighted by Crippen LogP contribution is 2.32. The fourth-order valence-corrected chi connectivity index (χ4v) is 3.81. The van der Waals surface area contributed by atoms with Crippen molar-refractivity contribution in [3.8, 4) is 0 Å². The zero-order chi connectivity index (χ0) is 13.9. The molecule has 1 aliphatic carbocycles. The molecule has 0 saturated carbocycles. The van der Waals surface area contributed by atoms with E-state index in [0.29, 0.717) is 6.54 Å². The van der Waals surface area contributed by atoms with Crippen LogP contribution in [0.2, 0.25) is 0 Å². The zero-order valence-corrected chi connectivity index (χ0v) is 12.5. The number of rotatable bonds is 3. The number of carbonyl (C=O) groups is 1. The van der Waals surface area contributed by atoms with E-state index in [0.717, 1.165) is 29.2 Å². The van der Waals surface area contributed by atoms with Gasteiger partial charge in [-0.1, -0.05) is 37.3 Å². The summed E-state index contributed by atoms with van der Waals surface area (Å²) in [5.74, 6) is 0.804. The summed E-state index contributed by atoms with van der Waals surface area (Å²) in [5, 5.41) is 3.01. The smallest absolute Gasteiger partial charge is 0.261 e. The van der Waals surface area contributed by atoms with Crippen LogP contribution >= 0.6 is 11.3 Å². The maximum Gasteiger partial charge on any atom is 0.261 e. The van der Waals surface area contributed by atoms with E-state index in [-0.39, 0.29) is 5.91 Å². The number of hydrogen-bond acceptors (Lipinski definition) is 2. The van der Waals surface area contributed by atoms with E-state index < -0.39 is 0 Å². The first-order valence-corrected chi connectivity index (χ1v) is 7.97. The summed E-state index contributed by atoms with van der Waals surface area (Å²) in [6.07, 6.45) is 3.50. The van der Waals surface area contributed by atoms with Crippen LogP contribution in [-0.2, 0) is 19.4 Å². The second kappa shape index (κ2) is 5.80. The van der Waals surface area contributed by atoms with E-state index in [1.165, 1.54) is 16.9 Å². The van der Waals surface area contributed by atoms with Gasteiger partial charge >= 0.3 is 0 Å². The summed E-state index contributed by atoms with van der Waals surface area (Å²) in [6, 6.07) is 12.1. The van der Waals surface area contributed by atoms with Gasteiger partial charge in [-0.3, -0.25) is 4.79 Å². The third-order valence-electron chi connectivity index (χ3n) is 3.85. The van der Waals surface area contributed by atoms with Crippen molar-refractivity contribution < 1.29 is 4.79 Å². The highest BCUT2D eigenvalue weighted by Gasteiger charge is 2.20. The van der Waals surface area contributed by atoms with Gasteiger partial charge in [-0.25, -0.2) is 0 Å². The summed E-state index contributed by atoms with van der Waals surface area (Å²) in [5.41, 5.74) is 2.52. The average Bonchev–Trinajstić information content (AvgIpc) is 2.89. The first-order chi connectivity index (χ1) is 9.72. The Balaban J connectivity index is 1.66. The molecule has 0 radical (unpaired) electrons. The van der Waals surface area contributed by atoms with Crippen LogP contribution in [0.3, 0.4) is 0 Å². The predicted octanol–water partition coefficient (Wildman–Crippen LogP) is 3.80. The van der Waals surface area contributed by atoms with Crippen LogP contribution in [-0.4, -0.2) is 5.91 Å². The molecule has 1 aliphatic rings. The maximum absolute atomic E-state index is 12.2. The lowest BCUT2D eigenvalue weighted by molar-refractivity contribution is 0.0955. The first kappa shape index (κ1) is 13.4. The van der Waals surface area contributed by atoms with Crippen molar-refractivity contribution in [2.75, 3.05) is 0 Å². The SMILES string of the molecule is C[C@@H]1CCc2sc(C(=O)NCc3ccccc3)cc2C1. The first-order valence-electron chi connectivity index (χ1n) is 7.16. The van der Waals surface area contributed by atoms with Crippen LogP contribution in [0.4, 0.5) is 0 Å². The van der Waals surface area contributed by atoms with E-state index >= 15 is 0 Å². The van der Waals surface area contributed by atoms with E-state index in [1.807, 2.05) is 30.3 Å². The molecule has 2 aromatic rings. The van der Waals surface area contributed by atoms with E-state index in [2.05, 4.69) is 18.3 Å². The van der Waals surface area contributed by atoms with Crippen LogP contribution in [0.1, 0.15) is 39.0 Å². The van der Waals surface area contributed by atoms with E-state index in [4.69, 9.17) is 0 Å². The summed E-state index contributed by atoms with van der Waals surface area (Å²) in [4.78, 5) is 14.5. The third-order valence-corrected chi connectivity index (χ3v) is 5.08. The Labute approximate surface area is 123 Å². The molecule has 1 aromatic carbocycles. The zero-order valence-electron chi connectivity index (χ0n) is 11.7. The van der Waals surface area contributed by atoms with Crippen molar-refractivity contribution >= 4 is 17.2 Å². The lowest BCUT2D eigenvalue weighted by Gasteiger charge is -2.16. The lowest BCUT2D eigenvalue weighted by atomic mass is 9.90. The molecule has 1 N–H and O–H groups in total. The van der Waals surface area contributed by atoms with Gasteiger partial charge in [-0.05, 0) is 42.4 Å². The molecule has 3 heteroatoms. The third kappa shape index (κ3) is 2.93. The molecule has 1 amide bonds. The minimum atomic E-state index is 0.0564. The second-order valence-electron chi connectivity index (χ2n) is 5.58. The minimum Gasteiger partial charge on any atom is -0.347 e. The van der Waals surface area contributed by atoms with Gasteiger partial charge in [0.1, 0.15) is 0 Å². The van der Waals surface area contributed by atoms with Gasteiger partial charge in [0, 0.05) is 11.4 Å². The molecular weight excluding hydrogens is 266 g/mol. The number of benzene rings is 1. The lowest BCUT2D eigenvalue weighted by Crippen LogP contribution is -2.21. The summed E-state index contributed by atoms with van der Waals surface area (Å²) in [6.45, 7) is 2.88. The molecule has 3 rings (SSSR count). The topological polar surface area (TPSA) is 29.1 Å². The molecule has 0 spiro atoms. The van der Waals surface area contributed by atoms with Crippen molar-refractivity contribution in [2.24, 2.45) is 5.92 Å². The molecule has 0 aliphatic heterocycles. The number of carbonyl (C=O) groups excluding carboxylic acids is 1. The number of thiophene rings is 1. The van der Waals surface area contributed by atoms with Crippen molar-refractivity contribution in [3.63, 3.8) is 0 Å². The Hall–Kier alpha value is -1.61. The summed E-state index contributed by atoms with van der Waals surface area (Å²) in [7, 11) is 0. The van der Waals surface area contributed by atoms with Gasteiger partial charge < -0.3 is 5.32 Å². The highest BCUT2D eigenvalue weighted by molar-refractivity contribution is 7.14. The van der Waals surface area contributed by atoms with Gasteiger partial charge in [0.05, 0.1) is 4.88 Å². The van der Waals surface area contributed by atoms with E-state index in [1.54, 1.807) is 11.3 Å². The van der Waals surface area contributed by atoms with Gasteiger partial charge in [-0.2, -0.15) is 0 Å². The molecule has 0 fully saturated rings. The molecule has 1 heterocycles. The standard InChI is InChI=1S/C17H19NOS/c1-12-7-8-15-14(9-12)10-16(20-15)17(19)18-11-13-5-3-2-4-6-13/h2-6,10,12H,7-9,11H2,1H3,(H,18,19)/t12-/m1/s1. The van der Waals surface area contributed by atoms with Crippen molar-refractivity contribution in [3.05, 3.63) is 57.3 Å². The van der Waals surface area contributed by atoms with Crippen LogP contribution in [0.15, 0.2) is 36.4 Å². The van der Waals surface area contributed by atoms with Crippen LogP contribution < -0.4 is 5.32 Å². The number of amides is 1. The molecule has 20 heavy (non-hydrogen) atoms. The van der Waals surface area contributed by atoms with Crippen LogP contribution in [0.5, 0.6) is 0 Å². The Morgan fingerprint density at radius 1 is 1.35 bits per heavy atom. The maximum atomic E-state index is 12.2. The number of hydrogen-bond donors (Lipinski definition) is 1. The van der Waals surface area contributed by atoms with Crippen molar-refractivity contribution in [1.29, 1.82) is 0 Å².